The number of nitrogens with one attached hydrogen (secondary N) is 2. The van der Waals surface area contributed by atoms with E-state index < -0.39 is 0 Å². The first-order valence-corrected chi connectivity index (χ1v) is 8.30. The molecule has 2 bridgehead atoms. The summed E-state index contributed by atoms with van der Waals surface area (Å²) in [5.41, 5.74) is 2.46. The minimum absolute atomic E-state index is 0.0640. The van der Waals surface area contributed by atoms with Gasteiger partial charge in [-0.15, -0.1) is 0 Å². The summed E-state index contributed by atoms with van der Waals surface area (Å²) in [6, 6.07) is 6.27. The first-order valence-electron chi connectivity index (χ1n) is 8.30. The molecule has 0 unspecified atom stereocenters. The normalized spacial score (nSPS) is 26.4. The molecule has 6 nitrogen and oxygen atoms in total. The Morgan fingerprint density at radius 3 is 2.78 bits per heavy atom. The molecule has 0 radical (unpaired) electrons. The number of carbonyl (C=O) groups excluding carboxylic acids is 1. The highest BCUT2D eigenvalue weighted by Crippen LogP contribution is 2.28. The van der Waals surface area contributed by atoms with Gasteiger partial charge >= 0.3 is 0 Å². The summed E-state index contributed by atoms with van der Waals surface area (Å²) in [5, 5.41) is 11.3. The number of nitrogens with zero attached hydrogens (tertiary/aromatic N) is 3. The third-order valence-corrected chi connectivity index (χ3v) is 5.25. The summed E-state index contributed by atoms with van der Waals surface area (Å²) < 4.78 is 0. The molecular weight excluding hydrogens is 290 g/mol. The zero-order valence-electron chi connectivity index (χ0n) is 13.7. The van der Waals surface area contributed by atoms with Crippen LogP contribution in [0.15, 0.2) is 18.2 Å². The monoisotopic (exact) mass is 313 g/mol. The maximum atomic E-state index is 12.7. The average Bonchev–Trinajstić information content (AvgIpc) is 2.99. The fraction of sp³-hybridized carbons (Fsp3) is 0.529. The van der Waals surface area contributed by atoms with E-state index in [9.17, 15) is 4.79 Å². The maximum Gasteiger partial charge on any atom is 0.272 e. The SMILES string of the molecule is CN(C)c1ccc2[nH]nc(C(=O)N[C@H]3CN4CCC3CC4)c2c1. The second-order valence-electron chi connectivity index (χ2n) is 6.91. The maximum absolute atomic E-state index is 12.7. The number of aromatic amines is 1. The van der Waals surface area contributed by atoms with Gasteiger partial charge in [-0.3, -0.25) is 9.89 Å². The van der Waals surface area contributed by atoms with Crippen molar-refractivity contribution < 1.29 is 4.79 Å². The Balaban J connectivity index is 1.58. The van der Waals surface area contributed by atoms with Gasteiger partial charge in [-0.05, 0) is 50.0 Å². The van der Waals surface area contributed by atoms with Gasteiger partial charge in [0.25, 0.3) is 5.91 Å². The number of amides is 1. The summed E-state index contributed by atoms with van der Waals surface area (Å²) >= 11 is 0. The Hall–Kier alpha value is -2.08. The predicted molar refractivity (Wildman–Crippen MR) is 90.8 cm³/mol. The summed E-state index contributed by atoms with van der Waals surface area (Å²) in [4.78, 5) is 17.2. The first kappa shape index (κ1) is 14.5. The van der Waals surface area contributed by atoms with Crippen LogP contribution in [0.3, 0.4) is 0 Å². The van der Waals surface area contributed by atoms with Crippen molar-refractivity contribution in [2.75, 3.05) is 38.6 Å². The summed E-state index contributed by atoms with van der Waals surface area (Å²) in [7, 11) is 3.99. The molecule has 3 fully saturated rings. The molecule has 1 aromatic carbocycles. The predicted octanol–water partition coefficient (Wildman–Crippen LogP) is 1.45. The lowest BCUT2D eigenvalue weighted by Crippen LogP contribution is -2.57. The second kappa shape index (κ2) is 5.53. The quantitative estimate of drug-likeness (QED) is 0.900. The van der Waals surface area contributed by atoms with Gasteiger partial charge in [0, 0.05) is 37.8 Å². The van der Waals surface area contributed by atoms with Crippen LogP contribution >= 0.6 is 0 Å². The van der Waals surface area contributed by atoms with Crippen molar-refractivity contribution in [3.05, 3.63) is 23.9 Å². The zero-order chi connectivity index (χ0) is 16.0. The van der Waals surface area contributed by atoms with E-state index in [1.54, 1.807) is 0 Å². The van der Waals surface area contributed by atoms with Gasteiger partial charge in [0.1, 0.15) is 0 Å². The molecule has 0 aliphatic carbocycles. The van der Waals surface area contributed by atoms with Crippen LogP contribution in [0.2, 0.25) is 0 Å². The molecule has 122 valence electrons. The Kier molecular flexibility index (Phi) is 3.49. The number of anilines is 1. The molecule has 1 amide bonds. The molecular formula is C17H23N5O. The topological polar surface area (TPSA) is 64.3 Å². The lowest BCUT2D eigenvalue weighted by atomic mass is 9.84. The van der Waals surface area contributed by atoms with Crippen LogP contribution in [0.1, 0.15) is 23.3 Å². The minimum Gasteiger partial charge on any atom is -0.378 e. The number of piperidine rings is 3. The number of hydrogen-bond acceptors (Lipinski definition) is 4. The molecule has 1 atom stereocenters. The third kappa shape index (κ3) is 2.57. The highest BCUT2D eigenvalue weighted by atomic mass is 16.2. The number of aromatic nitrogens is 2. The Morgan fingerprint density at radius 2 is 2.13 bits per heavy atom. The van der Waals surface area contributed by atoms with E-state index in [1.165, 1.54) is 25.9 Å². The molecule has 1 aromatic heterocycles. The van der Waals surface area contributed by atoms with Crippen molar-refractivity contribution in [3.8, 4) is 0 Å². The number of hydrogen-bond donors (Lipinski definition) is 2. The van der Waals surface area contributed by atoms with E-state index in [1.807, 2.05) is 37.2 Å². The van der Waals surface area contributed by atoms with Crippen molar-refractivity contribution in [3.63, 3.8) is 0 Å². The van der Waals surface area contributed by atoms with Crippen molar-refractivity contribution in [1.29, 1.82) is 0 Å². The van der Waals surface area contributed by atoms with E-state index in [0.717, 1.165) is 23.1 Å². The third-order valence-electron chi connectivity index (χ3n) is 5.25. The highest BCUT2D eigenvalue weighted by molar-refractivity contribution is 6.05. The molecule has 3 aliphatic rings. The number of rotatable bonds is 3. The fourth-order valence-corrected chi connectivity index (χ4v) is 3.82. The van der Waals surface area contributed by atoms with Crippen LogP contribution in [-0.4, -0.2) is 60.8 Å². The van der Waals surface area contributed by atoms with Crippen LogP contribution in [0, 0.1) is 5.92 Å². The van der Waals surface area contributed by atoms with Gasteiger partial charge in [-0.2, -0.15) is 5.10 Å². The van der Waals surface area contributed by atoms with E-state index in [0.29, 0.717) is 11.6 Å². The van der Waals surface area contributed by atoms with Crippen molar-refractivity contribution in [1.82, 2.24) is 20.4 Å². The molecule has 4 heterocycles. The van der Waals surface area contributed by atoms with Gasteiger partial charge in [-0.25, -0.2) is 0 Å². The molecule has 0 spiro atoms. The van der Waals surface area contributed by atoms with Gasteiger partial charge in [0.05, 0.1) is 5.52 Å². The lowest BCUT2D eigenvalue weighted by molar-refractivity contribution is 0.0618. The van der Waals surface area contributed by atoms with E-state index >= 15 is 0 Å². The largest absolute Gasteiger partial charge is 0.378 e. The van der Waals surface area contributed by atoms with Crippen molar-refractivity contribution in [2.45, 2.75) is 18.9 Å². The zero-order valence-corrected chi connectivity index (χ0v) is 13.7. The van der Waals surface area contributed by atoms with Crippen LogP contribution in [0.25, 0.3) is 10.9 Å². The smallest absolute Gasteiger partial charge is 0.272 e. The van der Waals surface area contributed by atoms with E-state index in [2.05, 4.69) is 20.4 Å². The van der Waals surface area contributed by atoms with Crippen LogP contribution in [0.4, 0.5) is 5.69 Å². The van der Waals surface area contributed by atoms with Crippen LogP contribution < -0.4 is 10.2 Å². The minimum atomic E-state index is -0.0640. The van der Waals surface area contributed by atoms with Gasteiger partial charge in [0.2, 0.25) is 0 Å². The van der Waals surface area contributed by atoms with Gasteiger partial charge < -0.3 is 15.1 Å². The first-order chi connectivity index (χ1) is 11.1. The number of H-pyrrole nitrogens is 1. The van der Waals surface area contributed by atoms with Crippen molar-refractivity contribution >= 4 is 22.5 Å². The Bertz CT molecular complexity index is 730. The number of carbonyl (C=O) groups is 1. The molecule has 3 aliphatic heterocycles. The average molecular weight is 313 g/mol. The molecule has 6 heteroatoms. The number of fused-ring (bicyclic) bond motifs is 4. The Morgan fingerprint density at radius 1 is 1.35 bits per heavy atom. The van der Waals surface area contributed by atoms with E-state index in [4.69, 9.17) is 0 Å². The molecule has 23 heavy (non-hydrogen) atoms. The number of benzene rings is 1. The molecule has 2 aromatic rings. The van der Waals surface area contributed by atoms with Gasteiger partial charge in [0.15, 0.2) is 5.69 Å². The molecule has 3 saturated heterocycles. The van der Waals surface area contributed by atoms with E-state index in [-0.39, 0.29) is 11.9 Å². The molecule has 2 N–H and O–H groups in total. The second-order valence-corrected chi connectivity index (χ2v) is 6.91. The summed E-state index contributed by atoms with van der Waals surface area (Å²) in [6.07, 6.45) is 2.38. The summed E-state index contributed by atoms with van der Waals surface area (Å²) in [6.45, 7) is 3.32. The van der Waals surface area contributed by atoms with Crippen LogP contribution in [-0.2, 0) is 0 Å². The Labute approximate surface area is 135 Å². The molecule has 0 saturated carbocycles. The molecule has 5 rings (SSSR count). The van der Waals surface area contributed by atoms with Crippen molar-refractivity contribution in [2.24, 2.45) is 5.92 Å². The van der Waals surface area contributed by atoms with Gasteiger partial charge in [-0.1, -0.05) is 0 Å². The standard InChI is InChI=1S/C17H23N5O/c1-21(2)12-3-4-14-13(9-12)16(20-19-14)17(23)18-15-10-22-7-5-11(15)6-8-22/h3-4,9,11,15H,5-8,10H2,1-2H3,(H,18,23)(H,19,20)/t15-/m0/s1. The fourth-order valence-electron chi connectivity index (χ4n) is 3.82. The lowest BCUT2D eigenvalue weighted by Gasteiger charge is -2.44. The summed E-state index contributed by atoms with van der Waals surface area (Å²) in [5.74, 6) is 0.553. The highest BCUT2D eigenvalue weighted by Gasteiger charge is 2.35. The van der Waals surface area contributed by atoms with Crippen LogP contribution in [0.5, 0.6) is 0 Å².